The Bertz CT molecular complexity index is 750. The standard InChI is InChI=1S/C19H20O4.C2H6O/c1-13-8-9-14(2)18(10-13)23-11-15-6-4-5-7-16(15)17(12-22-3)19(20)21;1-3-2/h4-10,12H,11H2,1-3H3,(H,20,21);1-2H3/b17-12+;. The molecule has 0 bridgehead atoms. The number of carbonyl (C=O) groups is 1. The van der Waals surface area contributed by atoms with E-state index in [1.54, 1.807) is 26.4 Å². The van der Waals surface area contributed by atoms with Gasteiger partial charge in [-0.3, -0.25) is 0 Å². The van der Waals surface area contributed by atoms with Gasteiger partial charge >= 0.3 is 5.97 Å². The van der Waals surface area contributed by atoms with Crippen LogP contribution in [0.15, 0.2) is 48.7 Å². The van der Waals surface area contributed by atoms with Crippen LogP contribution < -0.4 is 4.74 Å². The lowest BCUT2D eigenvalue weighted by atomic mass is 10.0. The Balaban J connectivity index is 0.00000105. The summed E-state index contributed by atoms with van der Waals surface area (Å²) >= 11 is 0. The van der Waals surface area contributed by atoms with E-state index in [1.165, 1.54) is 13.4 Å². The molecule has 0 amide bonds. The van der Waals surface area contributed by atoms with Crippen molar-refractivity contribution in [3.05, 3.63) is 71.0 Å². The number of aryl methyl sites for hydroxylation is 2. The average molecular weight is 358 g/mol. The van der Waals surface area contributed by atoms with Gasteiger partial charge in [-0.2, -0.15) is 0 Å². The topological polar surface area (TPSA) is 65.0 Å². The molecular weight excluding hydrogens is 332 g/mol. The smallest absolute Gasteiger partial charge is 0.339 e. The molecule has 140 valence electrons. The van der Waals surface area contributed by atoms with E-state index in [0.717, 1.165) is 22.4 Å². The number of carboxylic acid groups (broad SMARTS) is 1. The summed E-state index contributed by atoms with van der Waals surface area (Å²) in [6, 6.07) is 13.3. The number of carboxylic acids is 1. The van der Waals surface area contributed by atoms with E-state index in [0.29, 0.717) is 5.56 Å². The van der Waals surface area contributed by atoms with Gasteiger partial charge in [0.05, 0.1) is 13.4 Å². The first-order chi connectivity index (χ1) is 12.4. The van der Waals surface area contributed by atoms with Gasteiger partial charge in [-0.15, -0.1) is 0 Å². The minimum Gasteiger partial charge on any atom is -0.503 e. The predicted octanol–water partition coefficient (Wildman–Crippen LogP) is 4.22. The second-order valence-electron chi connectivity index (χ2n) is 5.70. The number of rotatable bonds is 6. The third-order valence-corrected chi connectivity index (χ3v) is 3.50. The van der Waals surface area contributed by atoms with Crippen molar-refractivity contribution in [1.29, 1.82) is 0 Å². The van der Waals surface area contributed by atoms with E-state index in [-0.39, 0.29) is 12.2 Å². The predicted molar refractivity (Wildman–Crippen MR) is 102 cm³/mol. The van der Waals surface area contributed by atoms with Gasteiger partial charge in [-0.1, -0.05) is 36.4 Å². The van der Waals surface area contributed by atoms with Gasteiger partial charge in [-0.05, 0) is 42.2 Å². The highest BCUT2D eigenvalue weighted by molar-refractivity contribution is 6.15. The molecule has 0 heterocycles. The number of methoxy groups -OCH3 is 2. The lowest BCUT2D eigenvalue weighted by Crippen LogP contribution is -2.06. The lowest BCUT2D eigenvalue weighted by Gasteiger charge is -2.13. The van der Waals surface area contributed by atoms with E-state index in [2.05, 4.69) is 4.74 Å². The summed E-state index contributed by atoms with van der Waals surface area (Å²) in [4.78, 5) is 11.4. The quantitative estimate of drug-likeness (QED) is 0.619. The molecular formula is C21H26O5. The fraction of sp³-hybridized carbons (Fsp3) is 0.286. The van der Waals surface area contributed by atoms with E-state index < -0.39 is 5.97 Å². The van der Waals surface area contributed by atoms with Crippen LogP contribution in [0.3, 0.4) is 0 Å². The SMILES string of the molecule is CO/C=C(/C(=O)O)c1ccccc1COc1cc(C)ccc1C.COC. The number of hydrogen-bond acceptors (Lipinski definition) is 4. The van der Waals surface area contributed by atoms with Crippen molar-refractivity contribution in [1.82, 2.24) is 0 Å². The summed E-state index contributed by atoms with van der Waals surface area (Å²) in [6.45, 7) is 4.27. The molecule has 0 fully saturated rings. The average Bonchev–Trinajstić information content (AvgIpc) is 2.61. The number of ether oxygens (including phenoxy) is 3. The third kappa shape index (κ3) is 6.26. The summed E-state index contributed by atoms with van der Waals surface area (Å²) in [5.74, 6) is -0.238. The molecule has 5 nitrogen and oxygen atoms in total. The molecule has 5 heteroatoms. The van der Waals surface area contributed by atoms with Crippen LogP contribution in [0.5, 0.6) is 5.75 Å². The van der Waals surface area contributed by atoms with Crippen LogP contribution in [0, 0.1) is 13.8 Å². The molecule has 0 atom stereocenters. The third-order valence-electron chi connectivity index (χ3n) is 3.50. The Labute approximate surface area is 154 Å². The maximum Gasteiger partial charge on any atom is 0.339 e. The van der Waals surface area contributed by atoms with Crippen molar-refractivity contribution in [2.24, 2.45) is 0 Å². The summed E-state index contributed by atoms with van der Waals surface area (Å²) in [5.41, 5.74) is 3.64. The van der Waals surface area contributed by atoms with Crippen LogP contribution in [0.1, 0.15) is 22.3 Å². The van der Waals surface area contributed by atoms with Gasteiger partial charge in [0.1, 0.15) is 17.9 Å². The largest absolute Gasteiger partial charge is 0.503 e. The summed E-state index contributed by atoms with van der Waals surface area (Å²) in [5, 5.41) is 9.36. The van der Waals surface area contributed by atoms with Gasteiger partial charge in [0, 0.05) is 14.2 Å². The van der Waals surface area contributed by atoms with Gasteiger partial charge in [0.15, 0.2) is 0 Å². The van der Waals surface area contributed by atoms with Crippen LogP contribution in [0.2, 0.25) is 0 Å². The van der Waals surface area contributed by atoms with E-state index >= 15 is 0 Å². The van der Waals surface area contributed by atoms with Crippen molar-refractivity contribution in [3.8, 4) is 5.75 Å². The molecule has 1 N–H and O–H groups in total. The highest BCUT2D eigenvalue weighted by Gasteiger charge is 2.15. The van der Waals surface area contributed by atoms with Crippen molar-refractivity contribution in [2.45, 2.75) is 20.5 Å². The minimum atomic E-state index is -1.04. The Kier molecular flexibility index (Phi) is 8.95. The minimum absolute atomic E-state index is 0.104. The summed E-state index contributed by atoms with van der Waals surface area (Å²) in [7, 11) is 4.68. The van der Waals surface area contributed by atoms with Crippen LogP contribution in [-0.2, 0) is 20.9 Å². The van der Waals surface area contributed by atoms with Crippen LogP contribution in [0.25, 0.3) is 5.57 Å². The number of hydrogen-bond donors (Lipinski definition) is 1. The van der Waals surface area contributed by atoms with Crippen LogP contribution in [0.4, 0.5) is 0 Å². The molecule has 0 aliphatic carbocycles. The molecule has 0 aliphatic rings. The molecule has 0 saturated heterocycles. The van der Waals surface area contributed by atoms with E-state index in [4.69, 9.17) is 9.47 Å². The Morgan fingerprint density at radius 3 is 2.35 bits per heavy atom. The molecule has 2 aromatic carbocycles. The van der Waals surface area contributed by atoms with E-state index in [1.807, 2.05) is 44.2 Å². The molecule has 0 unspecified atom stereocenters. The first kappa shape index (κ1) is 21.3. The zero-order valence-corrected chi connectivity index (χ0v) is 15.9. The molecule has 2 rings (SSSR count). The zero-order valence-electron chi connectivity index (χ0n) is 15.9. The Morgan fingerprint density at radius 2 is 1.73 bits per heavy atom. The monoisotopic (exact) mass is 358 g/mol. The molecule has 0 aliphatic heterocycles. The summed E-state index contributed by atoms with van der Waals surface area (Å²) < 4.78 is 15.0. The molecule has 0 spiro atoms. The Morgan fingerprint density at radius 1 is 1.08 bits per heavy atom. The first-order valence-electron chi connectivity index (χ1n) is 8.09. The van der Waals surface area contributed by atoms with Crippen LogP contribution >= 0.6 is 0 Å². The number of benzene rings is 2. The normalized spacial score (nSPS) is 10.6. The molecule has 0 radical (unpaired) electrons. The fourth-order valence-corrected chi connectivity index (χ4v) is 2.27. The molecule has 26 heavy (non-hydrogen) atoms. The maximum atomic E-state index is 11.4. The van der Waals surface area contributed by atoms with Gasteiger partial charge in [0.25, 0.3) is 0 Å². The fourth-order valence-electron chi connectivity index (χ4n) is 2.27. The number of aliphatic carboxylic acids is 1. The van der Waals surface area contributed by atoms with Gasteiger partial charge in [0.2, 0.25) is 0 Å². The highest BCUT2D eigenvalue weighted by atomic mass is 16.5. The van der Waals surface area contributed by atoms with Crippen molar-refractivity contribution in [2.75, 3.05) is 21.3 Å². The zero-order chi connectivity index (χ0) is 19.5. The second-order valence-corrected chi connectivity index (χ2v) is 5.70. The second kappa shape index (κ2) is 10.9. The van der Waals surface area contributed by atoms with Gasteiger partial charge < -0.3 is 19.3 Å². The molecule has 0 aromatic heterocycles. The maximum absolute atomic E-state index is 11.4. The van der Waals surface area contributed by atoms with Crippen molar-refractivity contribution >= 4 is 11.5 Å². The van der Waals surface area contributed by atoms with E-state index in [9.17, 15) is 9.90 Å². The molecule has 2 aromatic rings. The van der Waals surface area contributed by atoms with Crippen molar-refractivity contribution in [3.63, 3.8) is 0 Å². The summed E-state index contributed by atoms with van der Waals surface area (Å²) in [6.07, 6.45) is 1.24. The lowest BCUT2D eigenvalue weighted by molar-refractivity contribution is -0.130. The first-order valence-corrected chi connectivity index (χ1v) is 8.09. The van der Waals surface area contributed by atoms with Crippen LogP contribution in [-0.4, -0.2) is 32.4 Å². The molecule has 0 saturated carbocycles. The highest BCUT2D eigenvalue weighted by Crippen LogP contribution is 2.24. The van der Waals surface area contributed by atoms with Crippen molar-refractivity contribution < 1.29 is 24.1 Å². The Hall–Kier alpha value is -2.79. The van der Waals surface area contributed by atoms with Gasteiger partial charge in [-0.25, -0.2) is 4.79 Å².